The largest absolute Gasteiger partial charge is 0.376 e. The van der Waals surface area contributed by atoms with Crippen LogP contribution in [0.1, 0.15) is 5.01 Å². The normalized spacial score (nSPS) is 17.7. The van der Waals surface area contributed by atoms with Crippen molar-refractivity contribution in [2.75, 3.05) is 31.7 Å². The first-order chi connectivity index (χ1) is 11.2. The lowest BCUT2D eigenvalue weighted by Crippen LogP contribution is -2.41. The molecule has 1 fully saturated rings. The molecule has 2 aromatic rings. The van der Waals surface area contributed by atoms with Gasteiger partial charge in [0.1, 0.15) is 0 Å². The van der Waals surface area contributed by atoms with Crippen LogP contribution in [-0.4, -0.2) is 43.5 Å². The predicted molar refractivity (Wildman–Crippen MR) is 89.9 cm³/mol. The molecule has 0 unspecified atom stereocenters. The van der Waals surface area contributed by atoms with Gasteiger partial charge in [-0.2, -0.15) is 0 Å². The van der Waals surface area contributed by atoms with Gasteiger partial charge in [0.2, 0.25) is 0 Å². The third-order valence-electron chi connectivity index (χ3n) is 3.43. The Morgan fingerprint density at radius 1 is 1.35 bits per heavy atom. The van der Waals surface area contributed by atoms with E-state index in [9.17, 15) is 4.79 Å². The summed E-state index contributed by atoms with van der Waals surface area (Å²) in [4.78, 5) is 16.3. The van der Waals surface area contributed by atoms with Crippen LogP contribution in [0, 0.1) is 6.92 Å². The number of rotatable bonds is 4. The van der Waals surface area contributed by atoms with Gasteiger partial charge in [-0.25, -0.2) is 9.78 Å². The average Bonchev–Trinajstić information content (AvgIpc) is 3.01. The summed E-state index contributed by atoms with van der Waals surface area (Å²) in [7, 11) is 0. The number of nitrogens with zero attached hydrogens (tertiary/aromatic N) is 1. The van der Waals surface area contributed by atoms with Gasteiger partial charge in [0, 0.05) is 23.2 Å². The summed E-state index contributed by atoms with van der Waals surface area (Å²) in [5, 5.41) is 8.65. The Bertz CT molecular complexity index is 651. The Morgan fingerprint density at radius 2 is 2.17 bits per heavy atom. The Balaban J connectivity index is 1.50. The highest BCUT2D eigenvalue weighted by Crippen LogP contribution is 2.23. The van der Waals surface area contributed by atoms with Crippen LogP contribution in [-0.2, 0) is 9.47 Å². The lowest BCUT2D eigenvalue weighted by molar-refractivity contribution is -0.0852. The van der Waals surface area contributed by atoms with Crippen molar-refractivity contribution in [1.82, 2.24) is 10.3 Å². The van der Waals surface area contributed by atoms with Crippen molar-refractivity contribution in [3.63, 3.8) is 0 Å². The smallest absolute Gasteiger partial charge is 0.319 e. The molecule has 1 aliphatic rings. The van der Waals surface area contributed by atoms with Crippen LogP contribution in [0.4, 0.5) is 10.5 Å². The highest BCUT2D eigenvalue weighted by molar-refractivity contribution is 7.09. The first kappa shape index (κ1) is 15.9. The molecule has 2 N–H and O–H groups in total. The van der Waals surface area contributed by atoms with Gasteiger partial charge < -0.3 is 20.1 Å². The van der Waals surface area contributed by atoms with Gasteiger partial charge >= 0.3 is 6.03 Å². The van der Waals surface area contributed by atoms with Crippen LogP contribution in [0.5, 0.6) is 0 Å². The third-order valence-corrected chi connectivity index (χ3v) is 4.21. The number of urea groups is 1. The van der Waals surface area contributed by atoms with Gasteiger partial charge in [-0.05, 0) is 19.1 Å². The van der Waals surface area contributed by atoms with Gasteiger partial charge in [0.25, 0.3) is 0 Å². The highest BCUT2D eigenvalue weighted by Gasteiger charge is 2.15. The number of ether oxygens (including phenoxy) is 2. The Kier molecular flexibility index (Phi) is 5.22. The Morgan fingerprint density at radius 3 is 2.83 bits per heavy atom. The molecule has 1 saturated heterocycles. The van der Waals surface area contributed by atoms with E-state index in [0.717, 1.165) is 22.0 Å². The van der Waals surface area contributed by atoms with Crippen LogP contribution in [0.15, 0.2) is 29.6 Å². The fourth-order valence-corrected chi connectivity index (χ4v) is 2.88. The minimum absolute atomic E-state index is 0.0789. The molecule has 0 spiro atoms. The van der Waals surface area contributed by atoms with Crippen molar-refractivity contribution >= 4 is 23.1 Å². The number of carbonyl (C=O) groups is 1. The Labute approximate surface area is 138 Å². The summed E-state index contributed by atoms with van der Waals surface area (Å²) in [6.45, 7) is 4.12. The maximum Gasteiger partial charge on any atom is 0.319 e. The maximum absolute atomic E-state index is 11.9. The number of nitrogens with one attached hydrogen (secondary N) is 2. The molecule has 7 heteroatoms. The van der Waals surface area contributed by atoms with Crippen molar-refractivity contribution in [1.29, 1.82) is 0 Å². The topological polar surface area (TPSA) is 72.5 Å². The van der Waals surface area contributed by atoms with Gasteiger partial charge in [0.15, 0.2) is 0 Å². The second kappa shape index (κ2) is 7.54. The molecule has 1 atom stereocenters. The lowest BCUT2D eigenvalue weighted by Gasteiger charge is -2.23. The molecule has 2 heterocycles. The monoisotopic (exact) mass is 333 g/mol. The molecule has 122 valence electrons. The molecule has 0 aliphatic carbocycles. The molecule has 0 bridgehead atoms. The van der Waals surface area contributed by atoms with E-state index in [1.807, 2.05) is 36.6 Å². The summed E-state index contributed by atoms with van der Waals surface area (Å²) in [6.07, 6.45) is -0.0789. The van der Waals surface area contributed by atoms with Crippen molar-refractivity contribution in [3.05, 3.63) is 34.7 Å². The molecule has 1 aromatic carbocycles. The van der Waals surface area contributed by atoms with E-state index in [1.54, 1.807) is 11.3 Å². The van der Waals surface area contributed by atoms with Crippen molar-refractivity contribution in [3.8, 4) is 11.3 Å². The molecule has 0 saturated carbocycles. The van der Waals surface area contributed by atoms with Crippen LogP contribution in [0.2, 0.25) is 0 Å². The number of amides is 2. The van der Waals surface area contributed by atoms with Crippen LogP contribution in [0.3, 0.4) is 0 Å². The number of anilines is 1. The standard InChI is InChI=1S/C16H19N3O3S/c1-11-18-15(10-23-11)12-2-4-13(5-3-12)19-16(20)17-8-14-9-21-6-7-22-14/h2-5,10,14H,6-9H2,1H3,(H2,17,19,20)/t14-/m0/s1. The zero-order valence-electron chi connectivity index (χ0n) is 12.9. The molecular formula is C16H19N3O3S. The fourth-order valence-electron chi connectivity index (χ4n) is 2.26. The van der Waals surface area contributed by atoms with E-state index in [-0.39, 0.29) is 12.1 Å². The molecule has 3 rings (SSSR count). The van der Waals surface area contributed by atoms with E-state index in [4.69, 9.17) is 9.47 Å². The second-order valence-electron chi connectivity index (χ2n) is 5.23. The molecule has 0 radical (unpaired) electrons. The van der Waals surface area contributed by atoms with E-state index < -0.39 is 0 Å². The number of aryl methyl sites for hydroxylation is 1. The van der Waals surface area contributed by atoms with Gasteiger partial charge in [0.05, 0.1) is 36.6 Å². The second-order valence-corrected chi connectivity index (χ2v) is 6.29. The van der Waals surface area contributed by atoms with E-state index >= 15 is 0 Å². The number of hydrogen-bond donors (Lipinski definition) is 2. The summed E-state index contributed by atoms with van der Waals surface area (Å²) < 4.78 is 10.8. The molecular weight excluding hydrogens is 314 g/mol. The van der Waals surface area contributed by atoms with E-state index in [1.165, 1.54) is 0 Å². The average molecular weight is 333 g/mol. The summed E-state index contributed by atoms with van der Waals surface area (Å²) in [6, 6.07) is 7.37. The minimum Gasteiger partial charge on any atom is -0.376 e. The highest BCUT2D eigenvalue weighted by atomic mass is 32.1. The van der Waals surface area contributed by atoms with E-state index in [2.05, 4.69) is 15.6 Å². The first-order valence-corrected chi connectivity index (χ1v) is 8.35. The SMILES string of the molecule is Cc1nc(-c2ccc(NC(=O)NC[C@H]3COCCO3)cc2)cs1. The van der Waals surface area contributed by atoms with Gasteiger partial charge in [-0.15, -0.1) is 11.3 Å². The number of thiazole rings is 1. The van der Waals surface area contributed by atoms with E-state index in [0.29, 0.717) is 26.4 Å². The molecule has 23 heavy (non-hydrogen) atoms. The fraction of sp³-hybridized carbons (Fsp3) is 0.375. The molecule has 6 nitrogen and oxygen atoms in total. The van der Waals surface area contributed by atoms with Crippen molar-refractivity contribution in [2.45, 2.75) is 13.0 Å². The predicted octanol–water partition coefficient (Wildman–Crippen LogP) is 2.66. The summed E-state index contributed by atoms with van der Waals surface area (Å²) in [5.41, 5.74) is 2.73. The number of carbonyl (C=O) groups excluding carboxylic acids is 1. The summed E-state index contributed by atoms with van der Waals surface area (Å²) in [5.74, 6) is 0. The van der Waals surface area contributed by atoms with Crippen molar-refractivity contribution < 1.29 is 14.3 Å². The van der Waals surface area contributed by atoms with Crippen LogP contribution < -0.4 is 10.6 Å². The molecule has 1 aliphatic heterocycles. The number of aromatic nitrogens is 1. The maximum atomic E-state index is 11.9. The zero-order chi connectivity index (χ0) is 16.1. The zero-order valence-corrected chi connectivity index (χ0v) is 13.7. The minimum atomic E-state index is -0.253. The van der Waals surface area contributed by atoms with Crippen LogP contribution in [0.25, 0.3) is 11.3 Å². The van der Waals surface area contributed by atoms with Crippen LogP contribution >= 0.6 is 11.3 Å². The summed E-state index contributed by atoms with van der Waals surface area (Å²) >= 11 is 1.62. The number of hydrogen-bond acceptors (Lipinski definition) is 5. The number of benzene rings is 1. The third kappa shape index (κ3) is 4.51. The quantitative estimate of drug-likeness (QED) is 0.902. The lowest BCUT2D eigenvalue weighted by atomic mass is 10.1. The van der Waals surface area contributed by atoms with Crippen molar-refractivity contribution in [2.24, 2.45) is 0 Å². The van der Waals surface area contributed by atoms with Gasteiger partial charge in [-0.1, -0.05) is 12.1 Å². The molecule has 1 aromatic heterocycles. The van der Waals surface area contributed by atoms with Gasteiger partial charge in [-0.3, -0.25) is 0 Å². The first-order valence-electron chi connectivity index (χ1n) is 7.47. The Hall–Kier alpha value is -1.96. The molecule has 2 amide bonds.